The molecule has 0 spiro atoms. The Balaban J connectivity index is 1.68. The number of benzene rings is 3. The lowest BCUT2D eigenvalue weighted by molar-refractivity contribution is 0.0812. The summed E-state index contributed by atoms with van der Waals surface area (Å²) >= 11 is 2.91. The van der Waals surface area contributed by atoms with Gasteiger partial charge in [0, 0.05) is 11.0 Å². The van der Waals surface area contributed by atoms with Gasteiger partial charge in [0.1, 0.15) is 17.3 Å². The van der Waals surface area contributed by atoms with Gasteiger partial charge in [-0.05, 0) is 51.8 Å². The van der Waals surface area contributed by atoms with Crippen molar-refractivity contribution < 1.29 is 23.0 Å². The van der Waals surface area contributed by atoms with E-state index in [1.165, 1.54) is 13.2 Å². The van der Waals surface area contributed by atoms with Gasteiger partial charge in [-0.3, -0.25) is 0 Å². The zero-order valence-electron chi connectivity index (χ0n) is 17.0. The lowest BCUT2D eigenvalue weighted by Gasteiger charge is -2.27. The van der Waals surface area contributed by atoms with E-state index in [0.29, 0.717) is 17.9 Å². The monoisotopic (exact) mass is 476 g/mol. The fraction of sp³-hybridized carbons (Fsp3) is 0.250. The van der Waals surface area contributed by atoms with Crippen LogP contribution in [0.5, 0.6) is 17.2 Å². The van der Waals surface area contributed by atoms with E-state index < -0.39 is 17.0 Å². The van der Waals surface area contributed by atoms with E-state index in [2.05, 4.69) is 15.9 Å². The SMILES string of the molecule is COc1c(C(C)(C)COCc2cccc(Oc3ccccc3)c2)cc(F)c(Br)c1F. The van der Waals surface area contributed by atoms with E-state index >= 15 is 0 Å². The minimum Gasteiger partial charge on any atom is -0.493 e. The predicted octanol–water partition coefficient (Wildman–Crippen LogP) is 7.02. The number of rotatable bonds is 8. The second-order valence-electron chi connectivity index (χ2n) is 7.51. The van der Waals surface area contributed by atoms with Crippen molar-refractivity contribution in [1.82, 2.24) is 0 Å². The summed E-state index contributed by atoms with van der Waals surface area (Å²) in [4.78, 5) is 0. The third kappa shape index (κ3) is 5.18. The minimum atomic E-state index is -0.758. The molecule has 0 radical (unpaired) electrons. The van der Waals surface area contributed by atoms with E-state index in [4.69, 9.17) is 14.2 Å². The second kappa shape index (κ2) is 9.58. The molecule has 3 aromatic rings. The Kier molecular flexibility index (Phi) is 7.10. The molecular weight excluding hydrogens is 454 g/mol. The van der Waals surface area contributed by atoms with Crippen LogP contribution < -0.4 is 9.47 Å². The molecule has 30 heavy (non-hydrogen) atoms. The summed E-state index contributed by atoms with van der Waals surface area (Å²) in [7, 11) is 1.36. The zero-order chi connectivity index (χ0) is 21.7. The van der Waals surface area contributed by atoms with Crippen molar-refractivity contribution >= 4 is 15.9 Å². The summed E-state index contributed by atoms with van der Waals surface area (Å²) in [6, 6.07) is 18.4. The highest BCUT2D eigenvalue weighted by Crippen LogP contribution is 2.38. The molecule has 158 valence electrons. The van der Waals surface area contributed by atoms with Crippen LogP contribution in [0.3, 0.4) is 0 Å². The molecule has 0 aromatic heterocycles. The van der Waals surface area contributed by atoms with Crippen molar-refractivity contribution in [1.29, 1.82) is 0 Å². The Hall–Kier alpha value is -2.44. The zero-order valence-corrected chi connectivity index (χ0v) is 18.6. The highest BCUT2D eigenvalue weighted by Gasteiger charge is 2.29. The molecule has 3 nitrogen and oxygen atoms in total. The van der Waals surface area contributed by atoms with Crippen LogP contribution >= 0.6 is 15.9 Å². The highest BCUT2D eigenvalue weighted by molar-refractivity contribution is 9.10. The maximum atomic E-state index is 14.4. The Morgan fingerprint density at radius 3 is 2.33 bits per heavy atom. The standard InChI is InChI=1S/C24H23BrF2O3/c1-24(2,19-13-20(26)21(25)22(27)23(19)28-3)15-29-14-16-8-7-11-18(12-16)30-17-9-5-4-6-10-17/h4-13H,14-15H2,1-3H3. The van der Waals surface area contributed by atoms with Gasteiger partial charge in [0.25, 0.3) is 0 Å². The third-order valence-electron chi connectivity index (χ3n) is 4.66. The molecule has 0 fully saturated rings. The van der Waals surface area contributed by atoms with Crippen molar-refractivity contribution in [2.45, 2.75) is 25.9 Å². The summed E-state index contributed by atoms with van der Waals surface area (Å²) in [6.45, 7) is 4.28. The summed E-state index contributed by atoms with van der Waals surface area (Å²) < 4.78 is 45.2. The van der Waals surface area contributed by atoms with E-state index in [9.17, 15) is 8.78 Å². The van der Waals surface area contributed by atoms with Gasteiger partial charge in [0.05, 0.1) is 24.8 Å². The number of ether oxygens (including phenoxy) is 3. The van der Waals surface area contributed by atoms with E-state index in [-0.39, 0.29) is 16.8 Å². The maximum Gasteiger partial charge on any atom is 0.182 e. The molecule has 0 N–H and O–H groups in total. The van der Waals surface area contributed by atoms with Crippen LogP contribution in [0.4, 0.5) is 8.78 Å². The fourth-order valence-electron chi connectivity index (χ4n) is 3.11. The smallest absolute Gasteiger partial charge is 0.182 e. The Labute approximate surface area is 183 Å². The summed E-state index contributed by atoms with van der Waals surface area (Å²) in [6.07, 6.45) is 0. The number of para-hydroxylation sites is 1. The molecule has 0 heterocycles. The molecule has 0 aliphatic rings. The molecule has 0 unspecified atom stereocenters. The van der Waals surface area contributed by atoms with Gasteiger partial charge in [-0.1, -0.05) is 44.2 Å². The van der Waals surface area contributed by atoms with Gasteiger partial charge in [-0.15, -0.1) is 0 Å². The number of hydrogen-bond acceptors (Lipinski definition) is 3. The van der Waals surface area contributed by atoms with Crippen LogP contribution in [0.1, 0.15) is 25.0 Å². The van der Waals surface area contributed by atoms with Crippen LogP contribution in [0.2, 0.25) is 0 Å². The van der Waals surface area contributed by atoms with Gasteiger partial charge >= 0.3 is 0 Å². The number of halogens is 3. The summed E-state index contributed by atoms with van der Waals surface area (Å²) in [5, 5.41) is 0. The predicted molar refractivity (Wildman–Crippen MR) is 116 cm³/mol. The lowest BCUT2D eigenvalue weighted by atomic mass is 9.84. The molecule has 0 saturated heterocycles. The molecule has 0 aliphatic heterocycles. The first-order valence-electron chi connectivity index (χ1n) is 9.43. The van der Waals surface area contributed by atoms with Gasteiger partial charge in [0.15, 0.2) is 11.6 Å². The fourth-order valence-corrected chi connectivity index (χ4v) is 3.40. The van der Waals surface area contributed by atoms with Crippen LogP contribution in [-0.2, 0) is 16.8 Å². The van der Waals surface area contributed by atoms with Crippen LogP contribution in [0.15, 0.2) is 65.1 Å². The van der Waals surface area contributed by atoms with Crippen molar-refractivity contribution in [2.24, 2.45) is 0 Å². The number of hydrogen-bond donors (Lipinski definition) is 0. The molecule has 3 rings (SSSR count). The molecule has 0 saturated carbocycles. The first kappa shape index (κ1) is 22.2. The van der Waals surface area contributed by atoms with Crippen molar-refractivity contribution in [3.05, 3.63) is 87.9 Å². The van der Waals surface area contributed by atoms with Crippen LogP contribution in [-0.4, -0.2) is 13.7 Å². The van der Waals surface area contributed by atoms with Gasteiger partial charge in [0.2, 0.25) is 0 Å². The Morgan fingerprint density at radius 1 is 0.933 bits per heavy atom. The van der Waals surface area contributed by atoms with Gasteiger partial charge < -0.3 is 14.2 Å². The average molecular weight is 477 g/mol. The topological polar surface area (TPSA) is 27.7 Å². The van der Waals surface area contributed by atoms with Crippen molar-refractivity contribution in [3.63, 3.8) is 0 Å². The maximum absolute atomic E-state index is 14.4. The highest BCUT2D eigenvalue weighted by atomic mass is 79.9. The molecule has 0 atom stereocenters. The molecule has 0 aliphatic carbocycles. The molecule has 0 bridgehead atoms. The third-order valence-corrected chi connectivity index (χ3v) is 5.39. The summed E-state index contributed by atoms with van der Waals surface area (Å²) in [5.74, 6) is 0.0342. The van der Waals surface area contributed by atoms with Crippen LogP contribution in [0.25, 0.3) is 0 Å². The lowest BCUT2D eigenvalue weighted by Crippen LogP contribution is -2.26. The largest absolute Gasteiger partial charge is 0.493 e. The van der Waals surface area contributed by atoms with E-state index in [0.717, 1.165) is 11.3 Å². The first-order valence-corrected chi connectivity index (χ1v) is 10.2. The van der Waals surface area contributed by atoms with E-state index in [1.807, 2.05) is 68.4 Å². The molecule has 0 amide bonds. The van der Waals surface area contributed by atoms with Crippen molar-refractivity contribution in [3.8, 4) is 17.2 Å². The number of methoxy groups -OCH3 is 1. The Morgan fingerprint density at radius 2 is 1.63 bits per heavy atom. The normalized spacial score (nSPS) is 11.4. The van der Waals surface area contributed by atoms with Gasteiger partial charge in [-0.2, -0.15) is 0 Å². The second-order valence-corrected chi connectivity index (χ2v) is 8.30. The Bertz CT molecular complexity index is 1010. The minimum absolute atomic E-state index is 0.00938. The van der Waals surface area contributed by atoms with Crippen LogP contribution in [0, 0.1) is 11.6 Å². The van der Waals surface area contributed by atoms with Crippen molar-refractivity contribution in [2.75, 3.05) is 13.7 Å². The molecule has 3 aromatic carbocycles. The van der Waals surface area contributed by atoms with E-state index in [1.54, 1.807) is 0 Å². The van der Waals surface area contributed by atoms with Gasteiger partial charge in [-0.25, -0.2) is 8.78 Å². The molecular formula is C24H23BrF2O3. The average Bonchev–Trinajstić information content (AvgIpc) is 2.73. The quantitative estimate of drug-likeness (QED) is 0.326. The molecule has 6 heteroatoms. The summed E-state index contributed by atoms with van der Waals surface area (Å²) in [5.41, 5.74) is 0.662. The first-order chi connectivity index (χ1) is 14.3.